The first-order valence-corrected chi connectivity index (χ1v) is 6.84. The molecule has 0 saturated carbocycles. The second-order valence-electron chi connectivity index (χ2n) is 4.65. The number of hydrogen-bond acceptors (Lipinski definition) is 4. The summed E-state index contributed by atoms with van der Waals surface area (Å²) < 4.78 is 4.85. The Kier molecular flexibility index (Phi) is 4.92. The van der Waals surface area contributed by atoms with Crippen LogP contribution in [0.2, 0.25) is 0 Å². The number of pyridine rings is 1. The zero-order chi connectivity index (χ0) is 14.4. The minimum absolute atomic E-state index is 0.0554. The van der Waals surface area contributed by atoms with E-state index in [1.165, 1.54) is 0 Å². The number of nitrogens with one attached hydrogen (secondary N) is 1. The standard InChI is InChI=1S/C14H19N3O3/c1-2-20-14(19)16-11-6-9-17(10-7-11)13(18)12-5-3-4-8-15-12/h3-5,8,11H,2,6-7,9-10H2,1H3,(H,16,19). The Labute approximate surface area is 118 Å². The minimum atomic E-state index is -0.387. The van der Waals surface area contributed by atoms with Gasteiger partial charge in [-0.15, -0.1) is 0 Å². The molecule has 1 fully saturated rings. The van der Waals surface area contributed by atoms with Crippen molar-refractivity contribution in [2.45, 2.75) is 25.8 Å². The predicted molar refractivity (Wildman–Crippen MR) is 73.3 cm³/mol. The molecule has 2 amide bonds. The zero-order valence-electron chi connectivity index (χ0n) is 11.5. The van der Waals surface area contributed by atoms with E-state index in [4.69, 9.17) is 4.74 Å². The summed E-state index contributed by atoms with van der Waals surface area (Å²) in [5, 5.41) is 2.80. The van der Waals surface area contributed by atoms with Crippen molar-refractivity contribution in [2.24, 2.45) is 0 Å². The Hall–Kier alpha value is -2.11. The average molecular weight is 277 g/mol. The summed E-state index contributed by atoms with van der Waals surface area (Å²) in [6.45, 7) is 3.37. The van der Waals surface area contributed by atoms with Gasteiger partial charge in [0.15, 0.2) is 0 Å². The highest BCUT2D eigenvalue weighted by Crippen LogP contribution is 2.13. The van der Waals surface area contributed by atoms with Crippen molar-refractivity contribution in [3.63, 3.8) is 0 Å². The molecule has 0 unspecified atom stereocenters. The van der Waals surface area contributed by atoms with E-state index in [0.29, 0.717) is 25.4 Å². The molecule has 20 heavy (non-hydrogen) atoms. The Morgan fingerprint density at radius 3 is 2.75 bits per heavy atom. The largest absolute Gasteiger partial charge is 0.450 e. The van der Waals surface area contributed by atoms with Crippen molar-refractivity contribution in [1.82, 2.24) is 15.2 Å². The van der Waals surface area contributed by atoms with Crippen molar-refractivity contribution < 1.29 is 14.3 Å². The Morgan fingerprint density at radius 2 is 2.15 bits per heavy atom. The van der Waals surface area contributed by atoms with Gasteiger partial charge < -0.3 is 15.0 Å². The molecule has 0 radical (unpaired) electrons. The van der Waals surface area contributed by atoms with E-state index < -0.39 is 0 Å². The molecule has 1 N–H and O–H groups in total. The lowest BCUT2D eigenvalue weighted by Crippen LogP contribution is -2.46. The molecule has 0 atom stereocenters. The molecular weight excluding hydrogens is 258 g/mol. The van der Waals surface area contributed by atoms with E-state index in [0.717, 1.165) is 12.8 Å². The maximum atomic E-state index is 12.2. The second kappa shape index (κ2) is 6.88. The number of alkyl carbamates (subject to hydrolysis) is 1. The molecule has 0 spiro atoms. The summed E-state index contributed by atoms with van der Waals surface area (Å²) in [5.41, 5.74) is 0.462. The Balaban J connectivity index is 1.82. The molecule has 0 bridgehead atoms. The third kappa shape index (κ3) is 3.69. The van der Waals surface area contributed by atoms with Crippen LogP contribution in [0.15, 0.2) is 24.4 Å². The van der Waals surface area contributed by atoms with Crippen LogP contribution >= 0.6 is 0 Å². The Morgan fingerprint density at radius 1 is 1.40 bits per heavy atom. The summed E-state index contributed by atoms with van der Waals surface area (Å²) in [6, 6.07) is 5.37. The van der Waals surface area contributed by atoms with Crippen LogP contribution < -0.4 is 5.32 Å². The van der Waals surface area contributed by atoms with E-state index in [1.54, 1.807) is 36.2 Å². The SMILES string of the molecule is CCOC(=O)NC1CCN(C(=O)c2ccccn2)CC1. The topological polar surface area (TPSA) is 71.5 Å². The van der Waals surface area contributed by atoms with Crippen molar-refractivity contribution in [2.75, 3.05) is 19.7 Å². The van der Waals surface area contributed by atoms with E-state index in [9.17, 15) is 9.59 Å². The van der Waals surface area contributed by atoms with Gasteiger partial charge in [0.05, 0.1) is 6.61 Å². The zero-order valence-corrected chi connectivity index (χ0v) is 11.5. The van der Waals surface area contributed by atoms with Crippen LogP contribution in [-0.2, 0) is 4.74 Å². The van der Waals surface area contributed by atoms with E-state index in [1.807, 2.05) is 0 Å². The van der Waals surface area contributed by atoms with Gasteiger partial charge in [-0.2, -0.15) is 0 Å². The number of piperidine rings is 1. The molecule has 1 aromatic heterocycles. The fraction of sp³-hybridized carbons (Fsp3) is 0.500. The van der Waals surface area contributed by atoms with Gasteiger partial charge in [-0.1, -0.05) is 6.07 Å². The first kappa shape index (κ1) is 14.3. The molecule has 1 aromatic rings. The Bertz CT molecular complexity index is 456. The molecule has 2 rings (SSSR count). The molecule has 1 saturated heterocycles. The maximum absolute atomic E-state index is 12.2. The minimum Gasteiger partial charge on any atom is -0.450 e. The molecular formula is C14H19N3O3. The highest BCUT2D eigenvalue weighted by atomic mass is 16.5. The molecule has 2 heterocycles. The molecule has 6 nitrogen and oxygen atoms in total. The molecule has 108 valence electrons. The van der Waals surface area contributed by atoms with Gasteiger partial charge in [0.1, 0.15) is 5.69 Å². The lowest BCUT2D eigenvalue weighted by Gasteiger charge is -2.31. The van der Waals surface area contributed by atoms with Crippen molar-refractivity contribution in [3.05, 3.63) is 30.1 Å². The molecule has 6 heteroatoms. The number of carbonyl (C=O) groups is 2. The van der Waals surface area contributed by atoms with Crippen LogP contribution in [0.1, 0.15) is 30.3 Å². The maximum Gasteiger partial charge on any atom is 0.407 e. The van der Waals surface area contributed by atoms with E-state index in [-0.39, 0.29) is 18.0 Å². The van der Waals surface area contributed by atoms with Gasteiger partial charge in [0, 0.05) is 25.3 Å². The first-order valence-electron chi connectivity index (χ1n) is 6.84. The number of rotatable bonds is 3. The van der Waals surface area contributed by atoms with Gasteiger partial charge in [0.2, 0.25) is 0 Å². The monoisotopic (exact) mass is 277 g/mol. The van der Waals surface area contributed by atoms with Crippen LogP contribution in [0.4, 0.5) is 4.79 Å². The number of ether oxygens (including phenoxy) is 1. The van der Waals surface area contributed by atoms with Gasteiger partial charge >= 0.3 is 6.09 Å². The predicted octanol–water partition coefficient (Wildman–Crippen LogP) is 1.43. The molecule has 1 aliphatic heterocycles. The number of aromatic nitrogens is 1. The highest BCUT2D eigenvalue weighted by Gasteiger charge is 2.25. The number of nitrogens with zero attached hydrogens (tertiary/aromatic N) is 2. The molecule has 0 aliphatic carbocycles. The van der Waals surface area contributed by atoms with E-state index >= 15 is 0 Å². The van der Waals surface area contributed by atoms with Crippen LogP contribution in [0.25, 0.3) is 0 Å². The normalized spacial score (nSPS) is 15.8. The third-order valence-electron chi connectivity index (χ3n) is 3.26. The fourth-order valence-electron chi connectivity index (χ4n) is 2.22. The van der Waals surface area contributed by atoms with Crippen molar-refractivity contribution in [3.8, 4) is 0 Å². The van der Waals surface area contributed by atoms with E-state index in [2.05, 4.69) is 10.3 Å². The lowest BCUT2D eigenvalue weighted by molar-refractivity contribution is 0.0696. The first-order chi connectivity index (χ1) is 9.70. The average Bonchev–Trinajstić information content (AvgIpc) is 2.48. The number of amides is 2. The van der Waals surface area contributed by atoms with Gasteiger partial charge in [0.25, 0.3) is 5.91 Å². The van der Waals surface area contributed by atoms with Gasteiger partial charge in [-0.3, -0.25) is 9.78 Å². The second-order valence-corrected chi connectivity index (χ2v) is 4.65. The molecule has 1 aliphatic rings. The number of hydrogen-bond donors (Lipinski definition) is 1. The van der Waals surface area contributed by atoms with Crippen LogP contribution in [0.3, 0.4) is 0 Å². The summed E-state index contributed by atoms with van der Waals surface area (Å²) in [4.78, 5) is 29.3. The third-order valence-corrected chi connectivity index (χ3v) is 3.26. The quantitative estimate of drug-likeness (QED) is 0.907. The van der Waals surface area contributed by atoms with Gasteiger partial charge in [-0.05, 0) is 31.9 Å². The fourth-order valence-corrected chi connectivity index (χ4v) is 2.22. The summed E-state index contributed by atoms with van der Waals surface area (Å²) in [6.07, 6.45) is 2.69. The number of likely N-dealkylation sites (tertiary alicyclic amines) is 1. The lowest BCUT2D eigenvalue weighted by atomic mass is 10.0. The van der Waals surface area contributed by atoms with Crippen molar-refractivity contribution >= 4 is 12.0 Å². The molecule has 0 aromatic carbocycles. The van der Waals surface area contributed by atoms with Crippen LogP contribution in [-0.4, -0.2) is 47.6 Å². The smallest absolute Gasteiger partial charge is 0.407 e. The van der Waals surface area contributed by atoms with Crippen molar-refractivity contribution in [1.29, 1.82) is 0 Å². The number of carbonyl (C=O) groups excluding carboxylic acids is 2. The summed E-state index contributed by atoms with van der Waals surface area (Å²) >= 11 is 0. The summed E-state index contributed by atoms with van der Waals surface area (Å²) in [5.74, 6) is -0.0554. The summed E-state index contributed by atoms with van der Waals surface area (Å²) in [7, 11) is 0. The van der Waals surface area contributed by atoms with Gasteiger partial charge in [-0.25, -0.2) is 4.79 Å². The van der Waals surface area contributed by atoms with Crippen LogP contribution in [0.5, 0.6) is 0 Å². The highest BCUT2D eigenvalue weighted by molar-refractivity contribution is 5.92. The van der Waals surface area contributed by atoms with Crippen LogP contribution in [0, 0.1) is 0 Å².